The lowest BCUT2D eigenvalue weighted by Crippen LogP contribution is -2.28. The van der Waals surface area contributed by atoms with Crippen LogP contribution in [0.2, 0.25) is 0 Å². The highest BCUT2D eigenvalue weighted by Crippen LogP contribution is 2.24. The third kappa shape index (κ3) is 3.51. The highest BCUT2D eigenvalue weighted by atomic mass is 79.9. The van der Waals surface area contributed by atoms with E-state index in [2.05, 4.69) is 26.2 Å². The van der Waals surface area contributed by atoms with E-state index in [9.17, 15) is 9.90 Å². The van der Waals surface area contributed by atoms with Gasteiger partial charge in [-0.1, -0.05) is 0 Å². The van der Waals surface area contributed by atoms with Gasteiger partial charge in [0.05, 0.1) is 6.10 Å². The molecule has 0 aliphatic heterocycles. The van der Waals surface area contributed by atoms with E-state index in [1.807, 2.05) is 0 Å². The zero-order chi connectivity index (χ0) is 12.3. The molecule has 1 heterocycles. The molecule has 1 aromatic heterocycles. The summed E-state index contributed by atoms with van der Waals surface area (Å²) in [5, 5.41) is 12.3. The minimum absolute atomic E-state index is 0.0884. The van der Waals surface area contributed by atoms with Crippen LogP contribution in [0, 0.1) is 5.92 Å². The fraction of sp³-hybridized carbons (Fsp3) is 0.500. The van der Waals surface area contributed by atoms with Crippen molar-refractivity contribution in [1.29, 1.82) is 0 Å². The van der Waals surface area contributed by atoms with Gasteiger partial charge in [0, 0.05) is 18.3 Å². The Labute approximate surface area is 109 Å². The maximum Gasteiger partial charge on any atom is 0.251 e. The quantitative estimate of drug-likeness (QED) is 0.836. The summed E-state index contributed by atoms with van der Waals surface area (Å²) in [6, 6.07) is 3.38. The van der Waals surface area contributed by atoms with Gasteiger partial charge in [-0.2, -0.15) is 0 Å². The van der Waals surface area contributed by atoms with E-state index in [4.69, 9.17) is 0 Å². The lowest BCUT2D eigenvalue weighted by molar-refractivity contribution is 0.0945. The van der Waals surface area contributed by atoms with Crippen LogP contribution in [0.25, 0.3) is 0 Å². The van der Waals surface area contributed by atoms with Crippen molar-refractivity contribution in [2.75, 3.05) is 6.54 Å². The standard InChI is InChI=1S/C12H15BrN2O2/c13-11-6-9(3-4-14-11)12(17)15-7-8-1-2-10(16)5-8/h3-4,6,8,10,16H,1-2,5,7H2,(H,15,17). The van der Waals surface area contributed by atoms with Gasteiger partial charge in [-0.15, -0.1) is 0 Å². The molecule has 92 valence electrons. The number of hydrogen-bond donors (Lipinski definition) is 2. The summed E-state index contributed by atoms with van der Waals surface area (Å²) in [6.07, 6.45) is 4.04. The number of aliphatic hydroxyl groups is 1. The Kier molecular flexibility index (Phi) is 4.12. The molecule has 0 bridgehead atoms. The van der Waals surface area contributed by atoms with Gasteiger partial charge in [-0.3, -0.25) is 4.79 Å². The predicted molar refractivity (Wildman–Crippen MR) is 67.6 cm³/mol. The molecule has 5 heteroatoms. The van der Waals surface area contributed by atoms with Gasteiger partial charge in [0.1, 0.15) is 4.60 Å². The summed E-state index contributed by atoms with van der Waals surface area (Å²) in [6.45, 7) is 0.635. The van der Waals surface area contributed by atoms with E-state index in [1.165, 1.54) is 0 Å². The number of halogens is 1. The van der Waals surface area contributed by atoms with E-state index in [1.54, 1.807) is 18.3 Å². The zero-order valence-corrected chi connectivity index (χ0v) is 11.0. The number of carbonyl (C=O) groups excluding carboxylic acids is 1. The van der Waals surface area contributed by atoms with Crippen LogP contribution in [0.5, 0.6) is 0 Å². The van der Waals surface area contributed by atoms with Crippen molar-refractivity contribution in [3.05, 3.63) is 28.5 Å². The highest BCUT2D eigenvalue weighted by Gasteiger charge is 2.23. The largest absolute Gasteiger partial charge is 0.393 e. The molecule has 2 rings (SSSR count). The van der Waals surface area contributed by atoms with E-state index < -0.39 is 0 Å². The van der Waals surface area contributed by atoms with Crippen molar-refractivity contribution in [3.63, 3.8) is 0 Å². The van der Waals surface area contributed by atoms with Gasteiger partial charge in [-0.05, 0) is 53.2 Å². The number of carbonyl (C=O) groups is 1. The molecule has 1 aliphatic carbocycles. The van der Waals surface area contributed by atoms with Gasteiger partial charge in [-0.25, -0.2) is 4.98 Å². The van der Waals surface area contributed by atoms with Crippen molar-refractivity contribution in [2.45, 2.75) is 25.4 Å². The Bertz CT molecular complexity index is 411. The first-order chi connectivity index (χ1) is 8.15. The summed E-state index contributed by atoms with van der Waals surface area (Å²) < 4.78 is 0.654. The lowest BCUT2D eigenvalue weighted by Gasteiger charge is -2.10. The van der Waals surface area contributed by atoms with E-state index in [-0.39, 0.29) is 12.0 Å². The van der Waals surface area contributed by atoms with Crippen LogP contribution in [0.15, 0.2) is 22.9 Å². The Morgan fingerprint density at radius 3 is 3.06 bits per heavy atom. The molecule has 1 aliphatic rings. The SMILES string of the molecule is O=C(NCC1CCC(O)C1)c1ccnc(Br)c1. The Balaban J connectivity index is 1.85. The second kappa shape index (κ2) is 5.60. The highest BCUT2D eigenvalue weighted by molar-refractivity contribution is 9.10. The molecule has 17 heavy (non-hydrogen) atoms. The smallest absolute Gasteiger partial charge is 0.251 e. The topological polar surface area (TPSA) is 62.2 Å². The van der Waals surface area contributed by atoms with Crippen molar-refractivity contribution in [2.24, 2.45) is 5.92 Å². The molecule has 2 N–H and O–H groups in total. The van der Waals surface area contributed by atoms with Crippen LogP contribution in [0.3, 0.4) is 0 Å². The molecule has 1 saturated carbocycles. The first-order valence-electron chi connectivity index (χ1n) is 5.73. The summed E-state index contributed by atoms with van der Waals surface area (Å²) in [5.41, 5.74) is 0.602. The molecule has 0 aromatic carbocycles. The summed E-state index contributed by atoms with van der Waals surface area (Å²) in [5.74, 6) is 0.314. The van der Waals surface area contributed by atoms with Crippen LogP contribution >= 0.6 is 15.9 Å². The summed E-state index contributed by atoms with van der Waals surface area (Å²) in [7, 11) is 0. The number of nitrogens with zero attached hydrogens (tertiary/aromatic N) is 1. The van der Waals surface area contributed by atoms with Gasteiger partial charge >= 0.3 is 0 Å². The van der Waals surface area contributed by atoms with Crippen molar-refractivity contribution < 1.29 is 9.90 Å². The monoisotopic (exact) mass is 298 g/mol. The van der Waals surface area contributed by atoms with Crippen molar-refractivity contribution in [3.8, 4) is 0 Å². The lowest BCUT2D eigenvalue weighted by atomic mass is 10.1. The average Bonchev–Trinajstić information content (AvgIpc) is 2.72. The van der Waals surface area contributed by atoms with Gasteiger partial charge in [0.15, 0.2) is 0 Å². The predicted octanol–water partition coefficient (Wildman–Crippen LogP) is 1.73. The maximum atomic E-state index is 11.8. The molecule has 2 unspecified atom stereocenters. The Morgan fingerprint density at radius 1 is 1.59 bits per heavy atom. The molecule has 1 amide bonds. The van der Waals surface area contributed by atoms with Gasteiger partial charge in [0.2, 0.25) is 0 Å². The molecule has 1 aromatic rings. The number of rotatable bonds is 3. The maximum absolute atomic E-state index is 11.8. The van der Waals surface area contributed by atoms with E-state index >= 15 is 0 Å². The third-order valence-corrected chi connectivity index (χ3v) is 3.49. The van der Waals surface area contributed by atoms with Crippen LogP contribution in [0.1, 0.15) is 29.6 Å². The molecule has 0 saturated heterocycles. The number of hydrogen-bond acceptors (Lipinski definition) is 3. The summed E-state index contributed by atoms with van der Waals surface area (Å²) >= 11 is 3.23. The fourth-order valence-corrected chi connectivity index (χ4v) is 2.48. The molecule has 1 fully saturated rings. The molecule has 0 spiro atoms. The summed E-state index contributed by atoms with van der Waals surface area (Å²) in [4.78, 5) is 15.8. The van der Waals surface area contributed by atoms with E-state index in [0.717, 1.165) is 19.3 Å². The Hall–Kier alpha value is -0.940. The van der Waals surface area contributed by atoms with Crippen LogP contribution in [-0.4, -0.2) is 28.6 Å². The van der Waals surface area contributed by atoms with Crippen molar-refractivity contribution in [1.82, 2.24) is 10.3 Å². The molecule has 4 nitrogen and oxygen atoms in total. The minimum atomic E-state index is -0.188. The van der Waals surface area contributed by atoms with Gasteiger partial charge < -0.3 is 10.4 Å². The van der Waals surface area contributed by atoms with Crippen LogP contribution in [0.4, 0.5) is 0 Å². The average molecular weight is 299 g/mol. The first kappa shape index (κ1) is 12.5. The van der Waals surface area contributed by atoms with Crippen LogP contribution < -0.4 is 5.32 Å². The fourth-order valence-electron chi connectivity index (χ4n) is 2.12. The number of nitrogens with one attached hydrogen (secondary N) is 1. The number of aromatic nitrogens is 1. The Morgan fingerprint density at radius 2 is 2.41 bits per heavy atom. The van der Waals surface area contributed by atoms with Crippen molar-refractivity contribution >= 4 is 21.8 Å². The normalized spacial score (nSPS) is 23.6. The zero-order valence-electron chi connectivity index (χ0n) is 9.40. The molecular formula is C12H15BrN2O2. The van der Waals surface area contributed by atoms with E-state index in [0.29, 0.717) is 22.6 Å². The van der Waals surface area contributed by atoms with Crippen LogP contribution in [-0.2, 0) is 0 Å². The molecule has 0 radical (unpaired) electrons. The molecular weight excluding hydrogens is 284 g/mol. The number of amides is 1. The number of pyridine rings is 1. The second-order valence-corrected chi connectivity index (χ2v) is 5.22. The van der Waals surface area contributed by atoms with Gasteiger partial charge in [0.25, 0.3) is 5.91 Å². The third-order valence-electron chi connectivity index (χ3n) is 3.05. The first-order valence-corrected chi connectivity index (χ1v) is 6.52. The molecule has 2 atom stereocenters. The minimum Gasteiger partial charge on any atom is -0.393 e. The number of aliphatic hydroxyl groups excluding tert-OH is 1. The second-order valence-electron chi connectivity index (χ2n) is 4.41.